The van der Waals surface area contributed by atoms with Gasteiger partial charge in [-0.1, -0.05) is 29.8 Å². The van der Waals surface area contributed by atoms with Gasteiger partial charge in [-0.15, -0.1) is 10.2 Å². The Balaban J connectivity index is 1.69. The molecular formula is C17H13ClN4O. The lowest BCUT2D eigenvalue weighted by Crippen LogP contribution is -1.88. The molecule has 6 heteroatoms. The van der Waals surface area contributed by atoms with Gasteiger partial charge in [0.2, 0.25) is 5.89 Å². The van der Waals surface area contributed by atoms with Crippen molar-refractivity contribution in [1.82, 2.24) is 19.6 Å². The van der Waals surface area contributed by atoms with Crippen LogP contribution in [0.5, 0.6) is 0 Å². The largest absolute Gasteiger partial charge is 0.419 e. The molecule has 4 rings (SSSR count). The van der Waals surface area contributed by atoms with Crippen LogP contribution in [-0.2, 0) is 6.42 Å². The number of benzene rings is 1. The first-order valence-electron chi connectivity index (χ1n) is 7.21. The van der Waals surface area contributed by atoms with Gasteiger partial charge in [-0.25, -0.2) is 4.98 Å². The first kappa shape index (κ1) is 14.0. The van der Waals surface area contributed by atoms with Crippen LogP contribution >= 0.6 is 11.6 Å². The van der Waals surface area contributed by atoms with Crippen LogP contribution in [0, 0.1) is 6.92 Å². The predicted octanol–water partition coefficient (Wildman–Crippen LogP) is 3.94. The quantitative estimate of drug-likeness (QED) is 0.573. The summed E-state index contributed by atoms with van der Waals surface area (Å²) < 4.78 is 7.79. The maximum atomic E-state index is 5.90. The van der Waals surface area contributed by atoms with Crippen LogP contribution in [0.2, 0.25) is 5.02 Å². The number of nitrogens with zero attached hydrogens (tertiary/aromatic N) is 4. The molecule has 0 atom stereocenters. The molecule has 5 nitrogen and oxygen atoms in total. The number of fused-ring (bicyclic) bond motifs is 1. The highest BCUT2D eigenvalue weighted by molar-refractivity contribution is 6.30. The zero-order chi connectivity index (χ0) is 15.8. The Labute approximate surface area is 137 Å². The molecule has 4 aromatic rings. The summed E-state index contributed by atoms with van der Waals surface area (Å²) in [6.45, 7) is 1.94. The van der Waals surface area contributed by atoms with Gasteiger partial charge in [0.1, 0.15) is 11.3 Å². The van der Waals surface area contributed by atoms with E-state index in [-0.39, 0.29) is 0 Å². The smallest absolute Gasteiger partial charge is 0.266 e. The Morgan fingerprint density at radius 2 is 1.91 bits per heavy atom. The SMILES string of the molecule is Cc1nc2ccccn2c1-c1nnc(Cc2ccc(Cl)cc2)o1. The van der Waals surface area contributed by atoms with Crippen LogP contribution < -0.4 is 0 Å². The molecule has 0 aliphatic heterocycles. The summed E-state index contributed by atoms with van der Waals surface area (Å²) in [7, 11) is 0. The number of halogens is 1. The first-order valence-corrected chi connectivity index (χ1v) is 7.59. The third-order valence-electron chi connectivity index (χ3n) is 3.64. The highest BCUT2D eigenvalue weighted by Gasteiger charge is 2.17. The Hall–Kier alpha value is -2.66. The number of hydrogen-bond donors (Lipinski definition) is 0. The van der Waals surface area contributed by atoms with Crippen molar-refractivity contribution in [2.24, 2.45) is 0 Å². The van der Waals surface area contributed by atoms with Crippen LogP contribution in [0.4, 0.5) is 0 Å². The molecule has 0 N–H and O–H groups in total. The molecule has 0 fully saturated rings. The molecule has 0 saturated carbocycles. The van der Waals surface area contributed by atoms with Gasteiger partial charge in [-0.3, -0.25) is 4.40 Å². The minimum absolute atomic E-state index is 0.477. The van der Waals surface area contributed by atoms with Crippen molar-refractivity contribution in [2.45, 2.75) is 13.3 Å². The molecule has 0 spiro atoms. The molecule has 0 saturated heterocycles. The Morgan fingerprint density at radius 1 is 1.09 bits per heavy atom. The highest BCUT2D eigenvalue weighted by Crippen LogP contribution is 2.24. The molecule has 0 bridgehead atoms. The average molecular weight is 325 g/mol. The van der Waals surface area contributed by atoms with Crippen LogP contribution in [0.1, 0.15) is 17.1 Å². The number of pyridine rings is 1. The van der Waals surface area contributed by atoms with Crippen LogP contribution in [0.3, 0.4) is 0 Å². The second-order valence-corrected chi connectivity index (χ2v) is 5.72. The zero-order valence-corrected chi connectivity index (χ0v) is 13.2. The summed E-state index contributed by atoms with van der Waals surface area (Å²) in [5, 5.41) is 9.04. The maximum absolute atomic E-state index is 5.90. The summed E-state index contributed by atoms with van der Waals surface area (Å²) in [5.74, 6) is 1.04. The van der Waals surface area contributed by atoms with Crippen molar-refractivity contribution in [1.29, 1.82) is 0 Å². The van der Waals surface area contributed by atoms with E-state index in [0.29, 0.717) is 23.2 Å². The van der Waals surface area contributed by atoms with E-state index in [1.54, 1.807) is 0 Å². The molecule has 23 heavy (non-hydrogen) atoms. The van der Waals surface area contributed by atoms with E-state index >= 15 is 0 Å². The summed E-state index contributed by atoms with van der Waals surface area (Å²) in [6.07, 6.45) is 2.51. The average Bonchev–Trinajstić information content (AvgIpc) is 3.12. The van der Waals surface area contributed by atoms with Crippen molar-refractivity contribution >= 4 is 17.2 Å². The van der Waals surface area contributed by atoms with Gasteiger partial charge in [0.15, 0.2) is 0 Å². The van der Waals surface area contributed by atoms with Gasteiger partial charge in [-0.2, -0.15) is 0 Å². The second-order valence-electron chi connectivity index (χ2n) is 5.28. The molecule has 0 amide bonds. The van der Waals surface area contributed by atoms with Gasteiger partial charge >= 0.3 is 0 Å². The summed E-state index contributed by atoms with van der Waals surface area (Å²) in [6, 6.07) is 13.4. The van der Waals surface area contributed by atoms with E-state index in [0.717, 1.165) is 22.6 Å². The highest BCUT2D eigenvalue weighted by atomic mass is 35.5. The Kier molecular flexibility index (Phi) is 3.35. The van der Waals surface area contributed by atoms with E-state index < -0.39 is 0 Å². The van der Waals surface area contributed by atoms with E-state index in [2.05, 4.69) is 15.2 Å². The lowest BCUT2D eigenvalue weighted by molar-refractivity contribution is 0.515. The van der Waals surface area contributed by atoms with Gasteiger partial charge in [0.25, 0.3) is 5.89 Å². The third kappa shape index (κ3) is 2.59. The van der Waals surface area contributed by atoms with Crippen LogP contribution in [0.15, 0.2) is 53.1 Å². The van der Waals surface area contributed by atoms with Crippen molar-refractivity contribution < 1.29 is 4.42 Å². The van der Waals surface area contributed by atoms with Gasteiger partial charge < -0.3 is 4.42 Å². The summed E-state index contributed by atoms with van der Waals surface area (Å²) >= 11 is 5.90. The molecule has 3 heterocycles. The van der Waals surface area contributed by atoms with Crippen LogP contribution in [-0.4, -0.2) is 19.6 Å². The van der Waals surface area contributed by atoms with Crippen molar-refractivity contribution in [3.8, 4) is 11.6 Å². The first-order chi connectivity index (χ1) is 11.2. The fourth-order valence-electron chi connectivity index (χ4n) is 2.57. The van der Waals surface area contributed by atoms with Gasteiger partial charge in [-0.05, 0) is 36.8 Å². The van der Waals surface area contributed by atoms with Crippen molar-refractivity contribution in [3.05, 3.63) is 70.8 Å². The number of rotatable bonds is 3. The molecule has 0 aliphatic rings. The van der Waals surface area contributed by atoms with Crippen LogP contribution in [0.25, 0.3) is 17.2 Å². The molecule has 1 aromatic carbocycles. The van der Waals surface area contributed by atoms with Crippen molar-refractivity contribution in [2.75, 3.05) is 0 Å². The number of aromatic nitrogens is 4. The van der Waals surface area contributed by atoms with E-state index in [9.17, 15) is 0 Å². The maximum Gasteiger partial charge on any atom is 0.266 e. The summed E-state index contributed by atoms with van der Waals surface area (Å²) in [4.78, 5) is 4.51. The fourth-order valence-corrected chi connectivity index (χ4v) is 2.69. The van der Waals surface area contributed by atoms with Crippen molar-refractivity contribution in [3.63, 3.8) is 0 Å². The predicted molar refractivity (Wildman–Crippen MR) is 87.5 cm³/mol. The van der Waals surface area contributed by atoms with Gasteiger partial charge in [0, 0.05) is 11.2 Å². The number of imidazole rings is 1. The lowest BCUT2D eigenvalue weighted by Gasteiger charge is -1.98. The molecule has 0 unspecified atom stereocenters. The second kappa shape index (κ2) is 5.52. The van der Waals surface area contributed by atoms with E-state index in [4.69, 9.17) is 16.0 Å². The van der Waals surface area contributed by atoms with E-state index in [1.165, 1.54) is 0 Å². The third-order valence-corrected chi connectivity index (χ3v) is 3.89. The molecular weight excluding hydrogens is 312 g/mol. The number of aryl methyl sites for hydroxylation is 1. The minimum Gasteiger partial charge on any atom is -0.419 e. The molecule has 0 radical (unpaired) electrons. The minimum atomic E-state index is 0.477. The monoisotopic (exact) mass is 324 g/mol. The molecule has 0 aliphatic carbocycles. The number of hydrogen-bond acceptors (Lipinski definition) is 4. The standard InChI is InChI=1S/C17H13ClN4O/c1-11-16(22-9-3-2-4-14(22)19-11)17-21-20-15(23-17)10-12-5-7-13(18)8-6-12/h2-9H,10H2,1H3. The molecule has 3 aromatic heterocycles. The summed E-state index contributed by atoms with van der Waals surface area (Å²) in [5.41, 5.74) is 3.62. The normalized spacial score (nSPS) is 11.2. The van der Waals surface area contributed by atoms with E-state index in [1.807, 2.05) is 60.0 Å². The lowest BCUT2D eigenvalue weighted by atomic mass is 10.1. The fraction of sp³-hybridized carbons (Fsp3) is 0.118. The topological polar surface area (TPSA) is 56.2 Å². The Morgan fingerprint density at radius 3 is 2.74 bits per heavy atom. The zero-order valence-electron chi connectivity index (χ0n) is 12.4. The Bertz CT molecular complexity index is 972. The van der Waals surface area contributed by atoms with Gasteiger partial charge in [0.05, 0.1) is 12.1 Å². The molecule has 114 valence electrons.